The molecule has 6 aromatic rings. The summed E-state index contributed by atoms with van der Waals surface area (Å²) in [6, 6.07) is 0.437. The molecule has 3 aliphatic rings. The quantitative estimate of drug-likeness (QED) is 0.0116. The molecule has 6 heterocycles. The number of rotatable bonds is 24. The summed E-state index contributed by atoms with van der Waals surface area (Å²) in [4.78, 5) is 245. The molecule has 0 unspecified atom stereocenters. The molecule has 3 aromatic carbocycles. The zero-order chi connectivity index (χ0) is 94.7. The summed E-state index contributed by atoms with van der Waals surface area (Å²) in [5.74, 6) is -16.1. The van der Waals surface area contributed by atoms with E-state index in [0.717, 1.165) is 31.1 Å². The molecule has 43 nitrogen and oxygen atoms in total. The third-order valence-electron chi connectivity index (χ3n) is 23.0. The summed E-state index contributed by atoms with van der Waals surface area (Å²) < 4.78 is 5.86. The van der Waals surface area contributed by atoms with Gasteiger partial charge in [-0.15, -0.1) is 16.9 Å². The Morgan fingerprint density at radius 1 is 0.600 bits per heavy atom. The fourth-order valence-corrected chi connectivity index (χ4v) is 17.9. The number of unbranched alkanes of at least 4 members (excludes halogenated alkanes) is 2. The number of tetrazole rings is 1. The first kappa shape index (κ1) is 102. The van der Waals surface area contributed by atoms with E-state index in [9.17, 15) is 58.5 Å². The second-order valence-corrected chi connectivity index (χ2v) is 36.1. The molecule has 0 saturated carbocycles. The number of hydrogen-bond donors (Lipinski definition) is 19. The van der Waals surface area contributed by atoms with Gasteiger partial charge in [0.1, 0.15) is 42.0 Å². The number of benzene rings is 3. The summed E-state index contributed by atoms with van der Waals surface area (Å²) >= 11 is -0.978. The fraction of sp³-hybridized carbons (Fsp3) is 0.541. The molecule has 0 bridgehead atoms. The van der Waals surface area contributed by atoms with Crippen LogP contribution < -0.4 is 95.8 Å². The molecular weight excluding hydrogens is 1820 g/mol. The van der Waals surface area contributed by atoms with Crippen molar-refractivity contribution in [3.8, 4) is 5.75 Å². The number of phenols is 1. The normalized spacial score (nSPS) is 25.1. The number of nitrogens with one attached hydrogen (secondary N) is 12. The Hall–Kier alpha value is -12.0. The number of alkyl halides is 1. The zero-order valence-corrected chi connectivity index (χ0v) is 76.6. The van der Waals surface area contributed by atoms with E-state index in [1.807, 2.05) is 13.8 Å². The van der Waals surface area contributed by atoms with Crippen molar-refractivity contribution in [2.45, 2.75) is 226 Å². The average Bonchev–Trinajstić information content (AvgIpc) is 1.66. The van der Waals surface area contributed by atoms with Crippen molar-refractivity contribution < 1.29 is 114 Å². The predicted octanol–water partition coefficient (Wildman–Crippen LogP) is -6.43. The number of aliphatic hydroxyl groups is 2. The van der Waals surface area contributed by atoms with Gasteiger partial charge in [-0.2, -0.15) is 0 Å². The number of nitrogens with two attached hydrogens (primary N) is 4. The molecule has 16 amide bonds. The van der Waals surface area contributed by atoms with Crippen molar-refractivity contribution in [3.63, 3.8) is 0 Å². The number of amides is 16. The molecule has 9 rings (SSSR count). The minimum Gasteiger partial charge on any atom is -0.394 e. The van der Waals surface area contributed by atoms with E-state index >= 15 is 33.6 Å². The van der Waals surface area contributed by atoms with E-state index in [1.54, 1.807) is 74.8 Å². The molecule has 23 N–H and O–H groups in total. The number of halogens is 1. The molecule has 3 aromatic heterocycles. The Balaban J connectivity index is 1.09. The predicted molar refractivity (Wildman–Crippen MR) is 470 cm³/mol. The van der Waals surface area contributed by atoms with Gasteiger partial charge >= 0.3 is 304 Å². The van der Waals surface area contributed by atoms with Gasteiger partial charge in [-0.25, -0.2) is 0 Å². The maximum absolute atomic E-state index is 15.7. The summed E-state index contributed by atoms with van der Waals surface area (Å²) in [5, 5.41) is 72.8. The number of phenolic OH excluding ortho intramolecular Hbond substituents is 1. The standard InChI is InChI=1S/C85H120IN24O19S/c1-8-10-23-64-78(122)95-56(22-16-30-87)75(119)101-63(74(118)93-40-69(89)115)43-130-44-70(116)94-57(33-47-26-28-50(112)29-27-47)72-103-104-105-110(72)46(5)73(117)97-61(37-68(88)114)83(127)108-31-17-25-65(108)79(123)102-71(86-90)81(125)99-59(32-45(3)4)84(128)109-41-51(113)36-67(109)80(124)96-58(34-48-38-91-54-20-14-12-18-52(48)54)76(120)100-62(42-111)77(121)98-60(35-49-39-92-55-21-15-13-19-53(49)55)82(126)107(7)66(24-11-9-2)85(129)106(64)6/h12-15,18-21,26-29,38-39,45-46,51,56-67,71,91-92,111-113H,8-11,16-17,22-25,30-37,40-44,87,90H2,1-7H3,(H2,88,114)(H2,89,115)(H,93,118)(H,94,116)(H,95,122)(H,96,124)(H,97,117)(H,98,121)(H,99,125)(H,100,120)(H,101,119)(H,102,123)/q-1/t46-,51+,56-,57-,58-,59-,60-,61-,62-,63-,64-,65-,66-,67-,71+/m0/s1. The molecule has 708 valence electrons. The topological polar surface area (TPSA) is 646 Å². The molecule has 0 aliphatic carbocycles. The molecule has 130 heavy (non-hydrogen) atoms. The summed E-state index contributed by atoms with van der Waals surface area (Å²) in [6.07, 6.45) is 1.99. The number of nitrogens with zero attached hydrogens (tertiary/aromatic N) is 8. The number of carbonyl (C=O) groups is 16. The van der Waals surface area contributed by atoms with Gasteiger partial charge in [0.2, 0.25) is 47.3 Å². The van der Waals surface area contributed by atoms with Crippen LogP contribution >= 0.6 is 11.8 Å². The molecule has 45 heteroatoms. The van der Waals surface area contributed by atoms with Gasteiger partial charge in [-0.05, 0) is 72.8 Å². The first-order valence-corrected chi connectivity index (χ1v) is 47.0. The zero-order valence-electron chi connectivity index (χ0n) is 73.6. The molecule has 2 saturated heterocycles. The van der Waals surface area contributed by atoms with Crippen molar-refractivity contribution in [3.05, 3.63) is 108 Å². The SMILES string of the molecule is CCCC[C@H]1C(=O)N(C)[C@@H](CCCC)C(=O)N[C@@H](CCCN)C(=O)N[C@H](C(=O)NCC(N)=O)CSCC(=O)N[C@@H](Cc2ccc(O)cc2)c2nnnn2[C@@H](C)C(=O)N[C@@H](CC(N)=O)C(=O)N2CCC[C@H]2C(=O)N[C@@H]([I-]N)C(=O)N[C@@H](CC(C)C)C(=O)N2C[C@H](O)C[C@H]2C(=O)N[C@@H](Cc2c[nH]c3ccccc23)C(=O)N[C@@H](CO)C(=O)N[C@@H](Cc2c[nH]c3ccccc23)C(=O)N1C. The van der Waals surface area contributed by atoms with Gasteiger partial charge in [0.25, 0.3) is 0 Å². The molecule has 2 fully saturated rings. The number of para-hydroxylation sites is 2. The molecular formula is C85H120IN24O19S-. The van der Waals surface area contributed by atoms with Gasteiger partial charge in [-0.1, -0.05) is 88.1 Å². The number of aliphatic hydroxyl groups excluding tert-OH is 2. The third kappa shape index (κ3) is 27.3. The monoisotopic (exact) mass is 1940 g/mol. The third-order valence-corrected chi connectivity index (χ3v) is 25.6. The summed E-state index contributed by atoms with van der Waals surface area (Å²) in [5.41, 5.74) is 20.0. The number of aromatic hydroxyl groups is 1. The molecule has 0 radical (unpaired) electrons. The van der Waals surface area contributed by atoms with Gasteiger partial charge in [0, 0.05) is 66.9 Å². The van der Waals surface area contributed by atoms with Crippen LogP contribution in [0.25, 0.3) is 21.8 Å². The van der Waals surface area contributed by atoms with Gasteiger partial charge in [-0.3, -0.25) is 38.4 Å². The van der Waals surface area contributed by atoms with Crippen molar-refractivity contribution in [2.24, 2.45) is 27.1 Å². The van der Waals surface area contributed by atoms with Crippen LogP contribution in [0.5, 0.6) is 5.75 Å². The number of thioether (sulfide) groups is 1. The van der Waals surface area contributed by atoms with Crippen LogP contribution in [-0.2, 0) is 96.0 Å². The number of hydrogen-bond acceptors (Lipinski definition) is 25. The van der Waals surface area contributed by atoms with Gasteiger partial charge in [0.15, 0.2) is 0 Å². The van der Waals surface area contributed by atoms with Crippen LogP contribution in [0.1, 0.15) is 153 Å². The Morgan fingerprint density at radius 2 is 1.17 bits per heavy atom. The number of primary amides is 2. The fourth-order valence-electron chi connectivity index (χ4n) is 16.0. The average molecular weight is 1940 g/mol. The van der Waals surface area contributed by atoms with Crippen molar-refractivity contribution in [2.75, 3.05) is 58.4 Å². The van der Waals surface area contributed by atoms with Crippen LogP contribution in [-0.4, -0.2) is 295 Å². The van der Waals surface area contributed by atoms with Crippen molar-refractivity contribution >= 4 is 128 Å². The number of aromatic amines is 2. The number of likely N-dealkylation sites (N-methyl/N-ethyl adjacent to an activating group) is 2. The van der Waals surface area contributed by atoms with Crippen LogP contribution in [0.15, 0.2) is 85.2 Å². The van der Waals surface area contributed by atoms with E-state index in [2.05, 4.69) is 78.7 Å². The van der Waals surface area contributed by atoms with Crippen LogP contribution in [0.3, 0.4) is 0 Å². The minimum absolute atomic E-state index is 0.0103. The van der Waals surface area contributed by atoms with Crippen molar-refractivity contribution in [1.29, 1.82) is 0 Å². The van der Waals surface area contributed by atoms with E-state index in [0.29, 0.717) is 64.2 Å². The van der Waals surface area contributed by atoms with E-state index in [1.165, 1.54) is 50.2 Å². The van der Waals surface area contributed by atoms with Gasteiger partial charge < -0.3 is 68.0 Å². The summed E-state index contributed by atoms with van der Waals surface area (Å²) in [6.45, 7) is 6.23. The van der Waals surface area contributed by atoms with Crippen LogP contribution in [0.2, 0.25) is 0 Å². The smallest absolute Gasteiger partial charge is 0.394 e. The first-order valence-electron chi connectivity index (χ1n) is 43.3. The Labute approximate surface area is 765 Å². The maximum atomic E-state index is 15.7. The summed E-state index contributed by atoms with van der Waals surface area (Å²) in [7, 11) is 2.72. The minimum atomic E-state index is -1.87. The Kier molecular flexibility index (Phi) is 38.1. The Morgan fingerprint density at radius 3 is 1.78 bits per heavy atom. The van der Waals surface area contributed by atoms with Crippen molar-refractivity contribution in [1.82, 2.24) is 103 Å². The molecule has 3 aliphatic heterocycles. The second-order valence-electron chi connectivity index (χ2n) is 33.1. The van der Waals surface area contributed by atoms with Gasteiger partial charge in [0.05, 0.1) is 24.9 Å². The van der Waals surface area contributed by atoms with E-state index < -0.39 is 237 Å². The second kappa shape index (κ2) is 48.6. The van der Waals surface area contributed by atoms with Crippen LogP contribution in [0.4, 0.5) is 0 Å². The number of fused-ring (bicyclic) bond motifs is 5. The number of aromatic nitrogens is 6. The molecule has 15 atom stereocenters. The number of carbonyl (C=O) groups excluding carboxylic acids is 16. The van der Waals surface area contributed by atoms with E-state index in [4.69, 9.17) is 21.1 Å². The first-order chi connectivity index (χ1) is 62.1. The molecule has 0 spiro atoms. The number of H-pyrrole nitrogens is 2. The van der Waals surface area contributed by atoms with E-state index in [-0.39, 0.29) is 107 Å². The van der Waals surface area contributed by atoms with Crippen LogP contribution in [0, 0.1) is 5.92 Å². The Bertz CT molecular complexity index is 5010.